The number of nitrogens with zero attached hydrogens (tertiary/aromatic N) is 4. The van der Waals surface area contributed by atoms with Gasteiger partial charge in [0.15, 0.2) is 5.58 Å². The number of benzene rings is 8. The fourth-order valence-electron chi connectivity index (χ4n) is 8.55. The zero-order valence-corrected chi connectivity index (χ0v) is 28.4. The van der Waals surface area contributed by atoms with E-state index >= 15 is 0 Å². The highest BCUT2D eigenvalue weighted by Gasteiger charge is 2.30. The molecule has 4 heterocycles. The highest BCUT2D eigenvalue weighted by Crippen LogP contribution is 2.52. The zero-order chi connectivity index (χ0) is 34.6. The maximum Gasteiger partial charge on any atom is 0.236 e. The van der Waals surface area contributed by atoms with Crippen molar-refractivity contribution < 1.29 is 4.42 Å². The summed E-state index contributed by atoms with van der Waals surface area (Å²) < 4.78 is 9.00. The van der Waals surface area contributed by atoms with Gasteiger partial charge in [0.1, 0.15) is 16.8 Å². The average molecular weight is 677 g/mol. The van der Waals surface area contributed by atoms with Crippen molar-refractivity contribution in [2.24, 2.45) is 0 Å². The van der Waals surface area contributed by atoms with Crippen LogP contribution >= 0.6 is 0 Å². The maximum atomic E-state index is 6.66. The Labute approximate surface area is 303 Å². The Balaban J connectivity index is 1.18. The molecule has 8 aromatic carbocycles. The number of anilines is 3. The van der Waals surface area contributed by atoms with Crippen molar-refractivity contribution in [1.82, 2.24) is 14.5 Å². The molecule has 11 aromatic rings. The first-order valence-corrected chi connectivity index (χ1v) is 17.9. The summed E-state index contributed by atoms with van der Waals surface area (Å²) in [4.78, 5) is 13.1. The van der Waals surface area contributed by atoms with Crippen molar-refractivity contribution in [2.75, 3.05) is 4.90 Å². The lowest BCUT2D eigenvalue weighted by Gasteiger charge is -2.32. The van der Waals surface area contributed by atoms with Crippen molar-refractivity contribution >= 4 is 82.7 Å². The van der Waals surface area contributed by atoms with Crippen LogP contribution in [0.3, 0.4) is 0 Å². The van der Waals surface area contributed by atoms with Crippen LogP contribution in [-0.4, -0.2) is 14.5 Å². The van der Waals surface area contributed by atoms with Crippen LogP contribution < -0.4 is 4.90 Å². The minimum absolute atomic E-state index is 0.598. The summed E-state index contributed by atoms with van der Waals surface area (Å²) >= 11 is 0. The predicted octanol–water partition coefficient (Wildman–Crippen LogP) is 12.9. The quantitative estimate of drug-likeness (QED) is 0.187. The molecule has 0 saturated carbocycles. The Morgan fingerprint density at radius 1 is 0.472 bits per heavy atom. The second-order valence-corrected chi connectivity index (χ2v) is 13.8. The second kappa shape index (κ2) is 10.6. The number of fused-ring (bicyclic) bond motifs is 9. The predicted molar refractivity (Wildman–Crippen MR) is 218 cm³/mol. The smallest absolute Gasteiger partial charge is 0.236 e. The van der Waals surface area contributed by atoms with Gasteiger partial charge in [0.2, 0.25) is 5.95 Å². The van der Waals surface area contributed by atoms with E-state index in [0.29, 0.717) is 11.5 Å². The maximum absolute atomic E-state index is 6.66. The van der Waals surface area contributed by atoms with Crippen molar-refractivity contribution in [3.05, 3.63) is 170 Å². The number of hydrogen-bond acceptors (Lipinski definition) is 4. The van der Waals surface area contributed by atoms with Gasteiger partial charge in [0.25, 0.3) is 0 Å². The van der Waals surface area contributed by atoms with Crippen LogP contribution in [0, 0.1) is 0 Å². The van der Waals surface area contributed by atoms with E-state index in [9.17, 15) is 0 Å². The van der Waals surface area contributed by atoms with E-state index in [-0.39, 0.29) is 0 Å². The lowest BCUT2D eigenvalue weighted by atomic mass is 9.89. The topological polar surface area (TPSA) is 47.1 Å². The molecule has 3 aromatic heterocycles. The molecular weight excluding hydrogens is 649 g/mol. The molecule has 0 aliphatic carbocycles. The summed E-state index contributed by atoms with van der Waals surface area (Å²) in [5.74, 6) is 0.598. The van der Waals surface area contributed by atoms with Crippen molar-refractivity contribution in [3.63, 3.8) is 0 Å². The lowest BCUT2D eigenvalue weighted by Crippen LogP contribution is -2.18. The Morgan fingerprint density at radius 2 is 1.19 bits per heavy atom. The normalized spacial score (nSPS) is 12.5. The molecule has 1 aliphatic heterocycles. The highest BCUT2D eigenvalue weighted by molar-refractivity contribution is 6.16. The third-order valence-electron chi connectivity index (χ3n) is 10.9. The average Bonchev–Trinajstić information content (AvgIpc) is 3.76. The summed E-state index contributed by atoms with van der Waals surface area (Å²) in [7, 11) is 0. The van der Waals surface area contributed by atoms with Crippen LogP contribution in [0.2, 0.25) is 0 Å². The first-order valence-electron chi connectivity index (χ1n) is 17.9. The van der Waals surface area contributed by atoms with E-state index in [1.807, 2.05) is 18.2 Å². The van der Waals surface area contributed by atoms with Gasteiger partial charge in [-0.2, -0.15) is 0 Å². The number of furan rings is 1. The Kier molecular flexibility index (Phi) is 5.71. The van der Waals surface area contributed by atoms with Gasteiger partial charge in [-0.3, -0.25) is 4.90 Å². The largest absolute Gasteiger partial charge is 0.452 e. The molecule has 0 amide bonds. The third-order valence-corrected chi connectivity index (χ3v) is 10.9. The van der Waals surface area contributed by atoms with E-state index in [1.54, 1.807) is 0 Å². The van der Waals surface area contributed by atoms with Gasteiger partial charge in [-0.05, 0) is 76.3 Å². The summed E-state index contributed by atoms with van der Waals surface area (Å²) in [6.45, 7) is 0. The Hall–Kier alpha value is -7.24. The third kappa shape index (κ3) is 4.02. The van der Waals surface area contributed by atoms with Crippen molar-refractivity contribution in [1.29, 1.82) is 0 Å². The van der Waals surface area contributed by atoms with E-state index < -0.39 is 0 Å². The minimum Gasteiger partial charge on any atom is -0.452 e. The second-order valence-electron chi connectivity index (χ2n) is 13.8. The van der Waals surface area contributed by atoms with Gasteiger partial charge in [-0.25, -0.2) is 9.97 Å². The molecule has 0 unspecified atom stereocenters. The van der Waals surface area contributed by atoms with Crippen LogP contribution in [-0.2, 0) is 0 Å². The molecule has 0 bridgehead atoms. The summed E-state index contributed by atoms with van der Waals surface area (Å²) in [5.41, 5.74) is 11.8. The Morgan fingerprint density at radius 3 is 2.08 bits per heavy atom. The fourth-order valence-corrected chi connectivity index (χ4v) is 8.55. The monoisotopic (exact) mass is 676 g/mol. The van der Waals surface area contributed by atoms with Gasteiger partial charge in [-0.15, -0.1) is 0 Å². The highest BCUT2D eigenvalue weighted by atomic mass is 16.3. The molecule has 0 N–H and O–H groups in total. The molecule has 5 heteroatoms. The molecule has 1 aliphatic rings. The zero-order valence-electron chi connectivity index (χ0n) is 28.4. The molecule has 0 atom stereocenters. The summed E-state index contributed by atoms with van der Waals surface area (Å²) in [6, 6.07) is 60.2. The van der Waals surface area contributed by atoms with Gasteiger partial charge >= 0.3 is 0 Å². The van der Waals surface area contributed by atoms with Crippen LogP contribution in [0.15, 0.2) is 174 Å². The SMILES string of the molecule is c1ccc(-n2c3ccccc3c3ccc(-c4nc(N5c6cc7ccccc7cc6-c6cccc7cccc5c67)nc5c4oc4ccccc45)cc32)cc1. The minimum atomic E-state index is 0.598. The van der Waals surface area contributed by atoms with Crippen LogP contribution in [0.5, 0.6) is 0 Å². The number of rotatable bonds is 3. The first kappa shape index (κ1) is 28.5. The van der Waals surface area contributed by atoms with Gasteiger partial charge in [0, 0.05) is 38.4 Å². The van der Waals surface area contributed by atoms with Gasteiger partial charge in [0.05, 0.1) is 22.4 Å². The molecular formula is C48H28N4O. The van der Waals surface area contributed by atoms with E-state index in [1.165, 1.54) is 32.5 Å². The summed E-state index contributed by atoms with van der Waals surface area (Å²) in [6.07, 6.45) is 0. The number of hydrogen-bond donors (Lipinski definition) is 0. The van der Waals surface area contributed by atoms with E-state index in [2.05, 4.69) is 161 Å². The van der Waals surface area contributed by atoms with Crippen molar-refractivity contribution in [2.45, 2.75) is 0 Å². The van der Waals surface area contributed by atoms with Gasteiger partial charge in [-0.1, -0.05) is 115 Å². The molecule has 0 fully saturated rings. The molecule has 0 spiro atoms. The molecule has 246 valence electrons. The Bertz CT molecular complexity index is 3300. The number of para-hydroxylation sites is 3. The van der Waals surface area contributed by atoms with Crippen LogP contribution in [0.25, 0.3) is 93.5 Å². The van der Waals surface area contributed by atoms with Crippen LogP contribution in [0.4, 0.5) is 17.3 Å². The molecule has 0 saturated heterocycles. The standard InChI is InChI=1S/C48H28N4O/c1-2-16-33(17-3-1)51-39-21-8-6-18-34(39)35-25-24-32(28-41(35)51)45-47-46(37-19-7-9-23-43(37)53-47)50-48(49-45)52-40-22-11-15-29-14-10-20-36(44(29)40)38-26-30-12-4-5-13-31(30)27-42(38)52/h1-28H. The van der Waals surface area contributed by atoms with Crippen molar-refractivity contribution in [3.8, 4) is 28.1 Å². The number of aromatic nitrogens is 3. The molecule has 53 heavy (non-hydrogen) atoms. The molecule has 0 radical (unpaired) electrons. The molecule has 12 rings (SSSR count). The first-order chi connectivity index (χ1) is 26.3. The van der Waals surface area contributed by atoms with Crippen LogP contribution in [0.1, 0.15) is 0 Å². The van der Waals surface area contributed by atoms with E-state index in [4.69, 9.17) is 14.4 Å². The van der Waals surface area contributed by atoms with Gasteiger partial charge < -0.3 is 8.98 Å². The molecule has 5 nitrogen and oxygen atoms in total. The fraction of sp³-hybridized carbons (Fsp3) is 0. The van der Waals surface area contributed by atoms with E-state index in [0.717, 1.165) is 66.8 Å². The summed E-state index contributed by atoms with van der Waals surface area (Å²) in [5, 5.41) is 8.08. The lowest BCUT2D eigenvalue weighted by molar-refractivity contribution is 0.667.